The molecule has 0 spiro atoms. The van der Waals surface area contributed by atoms with Crippen LogP contribution in [0.5, 0.6) is 5.88 Å². The third-order valence-corrected chi connectivity index (χ3v) is 2.56. The van der Waals surface area contributed by atoms with Crippen LogP contribution in [-0.4, -0.2) is 24.3 Å². The number of hydrogen-bond acceptors (Lipinski definition) is 4. The van der Waals surface area contributed by atoms with Gasteiger partial charge in [-0.3, -0.25) is 0 Å². The maximum absolute atomic E-state index is 5.75. The lowest BCUT2D eigenvalue weighted by Crippen LogP contribution is -2.16. The van der Waals surface area contributed by atoms with E-state index in [1.807, 2.05) is 6.92 Å². The van der Waals surface area contributed by atoms with Crippen LogP contribution in [0.25, 0.3) is 0 Å². The normalized spacial score (nSPS) is 20.5. The average Bonchev–Trinajstić information content (AvgIpc) is 2.73. The quantitative estimate of drug-likeness (QED) is 0.818. The topological polar surface area (TPSA) is 57.4 Å². The molecule has 1 unspecified atom stereocenters. The Morgan fingerprint density at radius 2 is 2.53 bits per heavy atom. The van der Waals surface area contributed by atoms with E-state index in [1.54, 1.807) is 12.3 Å². The van der Waals surface area contributed by atoms with Gasteiger partial charge in [0.25, 0.3) is 0 Å². The summed E-state index contributed by atoms with van der Waals surface area (Å²) in [6, 6.07) is 1.75. The van der Waals surface area contributed by atoms with Crippen molar-refractivity contribution in [3.05, 3.63) is 17.8 Å². The van der Waals surface area contributed by atoms with Crippen molar-refractivity contribution in [2.45, 2.75) is 25.9 Å². The zero-order chi connectivity index (χ0) is 10.7. The molecule has 1 aromatic rings. The Bertz CT molecular complexity index is 335. The van der Waals surface area contributed by atoms with Gasteiger partial charge < -0.3 is 15.2 Å². The highest BCUT2D eigenvalue weighted by Gasteiger charge is 2.16. The summed E-state index contributed by atoms with van der Waals surface area (Å²) >= 11 is 0. The minimum atomic E-state index is 0.217. The van der Waals surface area contributed by atoms with Gasteiger partial charge in [0.05, 0.1) is 6.10 Å². The fourth-order valence-corrected chi connectivity index (χ4v) is 1.55. The van der Waals surface area contributed by atoms with E-state index in [4.69, 9.17) is 15.2 Å². The van der Waals surface area contributed by atoms with Gasteiger partial charge in [0.15, 0.2) is 0 Å². The van der Waals surface area contributed by atoms with Gasteiger partial charge in [-0.2, -0.15) is 0 Å². The molecule has 82 valence electrons. The predicted molar refractivity (Wildman–Crippen MR) is 57.9 cm³/mol. The lowest BCUT2D eigenvalue weighted by molar-refractivity contribution is 0.0663. The van der Waals surface area contributed by atoms with Crippen molar-refractivity contribution in [2.75, 3.05) is 18.9 Å². The Hall–Kier alpha value is -1.29. The van der Waals surface area contributed by atoms with Crippen LogP contribution >= 0.6 is 0 Å². The second-order valence-corrected chi connectivity index (χ2v) is 3.83. The Morgan fingerprint density at radius 1 is 1.67 bits per heavy atom. The SMILES string of the molecule is Cc1cnc(OCC2CCCO2)cc1N. The number of ether oxygens (including phenoxy) is 2. The zero-order valence-corrected chi connectivity index (χ0v) is 8.90. The van der Waals surface area contributed by atoms with E-state index in [2.05, 4.69) is 4.98 Å². The van der Waals surface area contributed by atoms with Crippen LogP contribution in [0.15, 0.2) is 12.3 Å². The van der Waals surface area contributed by atoms with Crippen LogP contribution < -0.4 is 10.5 Å². The molecular formula is C11H16N2O2. The van der Waals surface area contributed by atoms with Gasteiger partial charge in [-0.05, 0) is 25.3 Å². The van der Waals surface area contributed by atoms with Gasteiger partial charge in [0, 0.05) is 24.6 Å². The second kappa shape index (κ2) is 4.49. The molecule has 0 aromatic carbocycles. The zero-order valence-electron chi connectivity index (χ0n) is 8.90. The molecule has 1 saturated heterocycles. The number of hydrogen-bond donors (Lipinski definition) is 1. The minimum Gasteiger partial charge on any atom is -0.475 e. The standard InChI is InChI=1S/C11H16N2O2/c1-8-6-13-11(5-10(8)12)15-7-9-3-2-4-14-9/h5-6,9H,2-4,7H2,1H3,(H2,12,13). The third-order valence-electron chi connectivity index (χ3n) is 2.56. The van der Waals surface area contributed by atoms with Crippen molar-refractivity contribution in [1.29, 1.82) is 0 Å². The van der Waals surface area contributed by atoms with E-state index in [0.717, 1.165) is 25.0 Å². The van der Waals surface area contributed by atoms with Crippen molar-refractivity contribution >= 4 is 5.69 Å². The number of pyridine rings is 1. The van der Waals surface area contributed by atoms with E-state index in [0.29, 0.717) is 18.2 Å². The Labute approximate surface area is 89.4 Å². The van der Waals surface area contributed by atoms with Crippen LogP contribution in [0.2, 0.25) is 0 Å². The van der Waals surface area contributed by atoms with Gasteiger partial charge >= 0.3 is 0 Å². The van der Waals surface area contributed by atoms with E-state index in [9.17, 15) is 0 Å². The van der Waals surface area contributed by atoms with Gasteiger partial charge in [-0.15, -0.1) is 0 Å². The maximum atomic E-state index is 5.75. The van der Waals surface area contributed by atoms with Crippen LogP contribution in [0.3, 0.4) is 0 Å². The molecule has 15 heavy (non-hydrogen) atoms. The number of aromatic nitrogens is 1. The summed E-state index contributed by atoms with van der Waals surface area (Å²) < 4.78 is 11.0. The molecule has 2 heterocycles. The van der Waals surface area contributed by atoms with Crippen LogP contribution in [0.1, 0.15) is 18.4 Å². The third kappa shape index (κ3) is 2.59. The molecule has 1 aliphatic rings. The number of aryl methyl sites for hydroxylation is 1. The van der Waals surface area contributed by atoms with Crippen molar-refractivity contribution in [2.24, 2.45) is 0 Å². The van der Waals surface area contributed by atoms with Gasteiger partial charge in [0.2, 0.25) is 5.88 Å². The summed E-state index contributed by atoms with van der Waals surface area (Å²) in [7, 11) is 0. The first-order valence-electron chi connectivity index (χ1n) is 5.22. The molecule has 1 fully saturated rings. The largest absolute Gasteiger partial charge is 0.475 e. The second-order valence-electron chi connectivity index (χ2n) is 3.83. The van der Waals surface area contributed by atoms with Crippen LogP contribution in [0, 0.1) is 6.92 Å². The molecule has 1 atom stereocenters. The lowest BCUT2D eigenvalue weighted by Gasteiger charge is -2.11. The molecular weight excluding hydrogens is 192 g/mol. The van der Waals surface area contributed by atoms with Gasteiger partial charge in [-0.25, -0.2) is 4.98 Å². The van der Waals surface area contributed by atoms with Gasteiger partial charge in [0.1, 0.15) is 6.61 Å². The summed E-state index contributed by atoms with van der Waals surface area (Å²) in [4.78, 5) is 4.14. The van der Waals surface area contributed by atoms with E-state index >= 15 is 0 Å². The minimum absolute atomic E-state index is 0.217. The monoisotopic (exact) mass is 208 g/mol. The van der Waals surface area contributed by atoms with E-state index in [1.165, 1.54) is 0 Å². The Balaban J connectivity index is 1.90. The van der Waals surface area contributed by atoms with E-state index in [-0.39, 0.29) is 6.10 Å². The first-order chi connectivity index (χ1) is 7.25. The highest BCUT2D eigenvalue weighted by molar-refractivity contribution is 5.47. The van der Waals surface area contributed by atoms with E-state index < -0.39 is 0 Å². The molecule has 0 aliphatic carbocycles. The smallest absolute Gasteiger partial charge is 0.215 e. The van der Waals surface area contributed by atoms with Crippen LogP contribution in [0.4, 0.5) is 5.69 Å². The molecule has 0 radical (unpaired) electrons. The van der Waals surface area contributed by atoms with Crippen LogP contribution in [-0.2, 0) is 4.74 Å². The first kappa shape index (κ1) is 10.2. The number of nitrogens with two attached hydrogens (primary N) is 1. The first-order valence-corrected chi connectivity index (χ1v) is 5.22. The molecule has 4 heteroatoms. The summed E-state index contributed by atoms with van der Waals surface area (Å²) in [6.07, 6.45) is 4.13. The molecule has 1 aromatic heterocycles. The molecule has 2 rings (SSSR count). The van der Waals surface area contributed by atoms with Crippen molar-refractivity contribution in [3.63, 3.8) is 0 Å². The summed E-state index contributed by atoms with van der Waals surface area (Å²) in [5.41, 5.74) is 7.44. The number of anilines is 1. The Kier molecular flexibility index (Phi) is 3.06. The number of nitrogens with zero attached hydrogens (tertiary/aromatic N) is 1. The summed E-state index contributed by atoms with van der Waals surface area (Å²) in [5.74, 6) is 0.577. The molecule has 1 aliphatic heterocycles. The molecule has 0 amide bonds. The highest BCUT2D eigenvalue weighted by Crippen LogP contribution is 2.17. The highest BCUT2D eigenvalue weighted by atomic mass is 16.5. The van der Waals surface area contributed by atoms with Crippen molar-refractivity contribution < 1.29 is 9.47 Å². The maximum Gasteiger partial charge on any atom is 0.215 e. The Morgan fingerprint density at radius 3 is 3.20 bits per heavy atom. The molecule has 0 bridgehead atoms. The fraction of sp³-hybridized carbons (Fsp3) is 0.545. The van der Waals surface area contributed by atoms with Crippen molar-refractivity contribution in [1.82, 2.24) is 4.98 Å². The number of nitrogen functional groups attached to an aromatic ring is 1. The predicted octanol–water partition coefficient (Wildman–Crippen LogP) is 1.53. The van der Waals surface area contributed by atoms with Gasteiger partial charge in [-0.1, -0.05) is 0 Å². The summed E-state index contributed by atoms with van der Waals surface area (Å²) in [6.45, 7) is 3.33. The fourth-order valence-electron chi connectivity index (χ4n) is 1.55. The molecule has 2 N–H and O–H groups in total. The molecule has 4 nitrogen and oxygen atoms in total. The average molecular weight is 208 g/mol. The summed E-state index contributed by atoms with van der Waals surface area (Å²) in [5, 5.41) is 0. The lowest BCUT2D eigenvalue weighted by atomic mass is 10.2. The molecule has 0 saturated carbocycles. The van der Waals surface area contributed by atoms with Crippen molar-refractivity contribution in [3.8, 4) is 5.88 Å². The number of rotatable bonds is 3.